The minimum Gasteiger partial charge on any atom is -0.330 e. The van der Waals surface area contributed by atoms with Crippen LogP contribution in [0.4, 0.5) is 0 Å². The van der Waals surface area contributed by atoms with Gasteiger partial charge in [0, 0.05) is 6.04 Å². The Morgan fingerprint density at radius 3 is 2.65 bits per heavy atom. The molecule has 2 atom stereocenters. The minimum absolute atomic E-state index is 0.155. The van der Waals surface area contributed by atoms with Gasteiger partial charge >= 0.3 is 0 Å². The molecule has 17 heavy (non-hydrogen) atoms. The number of nitrogens with one attached hydrogen (secondary N) is 1. The summed E-state index contributed by atoms with van der Waals surface area (Å²) in [5.74, 6) is 0.956. The molecule has 0 aromatic heterocycles. The van der Waals surface area contributed by atoms with E-state index in [-0.39, 0.29) is 11.8 Å². The molecule has 0 heterocycles. The molecule has 0 radical (unpaired) electrons. The molecule has 4 nitrogen and oxygen atoms in total. The third kappa shape index (κ3) is 6.38. The van der Waals surface area contributed by atoms with Crippen molar-refractivity contribution in [3.63, 3.8) is 0 Å². The summed E-state index contributed by atoms with van der Waals surface area (Å²) in [6.45, 7) is 2.81. The Morgan fingerprint density at radius 2 is 1.94 bits per heavy atom. The van der Waals surface area contributed by atoms with Crippen molar-refractivity contribution in [2.24, 2.45) is 11.7 Å². The third-order valence-corrected chi connectivity index (χ3v) is 4.99. The molecule has 3 N–H and O–H groups in total. The summed E-state index contributed by atoms with van der Waals surface area (Å²) in [5, 5.41) is 0. The van der Waals surface area contributed by atoms with Crippen LogP contribution in [0.3, 0.4) is 0 Å². The Balaban J connectivity index is 2.35. The van der Waals surface area contributed by atoms with Crippen LogP contribution in [0.15, 0.2) is 0 Å². The Hall–Kier alpha value is -0.130. The van der Waals surface area contributed by atoms with Crippen molar-refractivity contribution in [2.45, 2.75) is 57.9 Å². The molecule has 0 aromatic rings. The molecule has 102 valence electrons. The van der Waals surface area contributed by atoms with Crippen LogP contribution >= 0.6 is 0 Å². The lowest BCUT2D eigenvalue weighted by Gasteiger charge is -2.16. The van der Waals surface area contributed by atoms with E-state index in [0.29, 0.717) is 13.0 Å². The zero-order chi connectivity index (χ0) is 12.7. The molecule has 0 aromatic carbocycles. The van der Waals surface area contributed by atoms with Crippen LogP contribution in [0.25, 0.3) is 0 Å². The molecule has 1 fully saturated rings. The second kappa shape index (κ2) is 7.34. The first-order chi connectivity index (χ1) is 8.03. The summed E-state index contributed by atoms with van der Waals surface area (Å²) < 4.78 is 26.5. The summed E-state index contributed by atoms with van der Waals surface area (Å²) >= 11 is 0. The molecule has 1 rings (SSSR count). The van der Waals surface area contributed by atoms with E-state index in [1.165, 1.54) is 6.42 Å². The van der Waals surface area contributed by atoms with Crippen LogP contribution in [-0.4, -0.2) is 26.8 Å². The third-order valence-electron chi connectivity index (χ3n) is 3.47. The molecule has 0 spiro atoms. The molecule has 0 aliphatic heterocycles. The van der Waals surface area contributed by atoms with Crippen LogP contribution in [0.2, 0.25) is 0 Å². The van der Waals surface area contributed by atoms with Gasteiger partial charge in [0.25, 0.3) is 0 Å². The molecule has 0 bridgehead atoms. The number of rotatable bonds is 6. The summed E-state index contributed by atoms with van der Waals surface area (Å²) in [6, 6.07) is 0.155. The van der Waals surface area contributed by atoms with Gasteiger partial charge in [0.15, 0.2) is 0 Å². The van der Waals surface area contributed by atoms with E-state index in [9.17, 15) is 8.42 Å². The summed E-state index contributed by atoms with van der Waals surface area (Å²) in [6.07, 6.45) is 6.91. The van der Waals surface area contributed by atoms with Crippen LogP contribution in [0.5, 0.6) is 0 Å². The summed E-state index contributed by atoms with van der Waals surface area (Å²) in [7, 11) is -3.09. The fourth-order valence-corrected chi connectivity index (χ4v) is 3.80. The van der Waals surface area contributed by atoms with E-state index >= 15 is 0 Å². The van der Waals surface area contributed by atoms with E-state index in [1.54, 1.807) is 0 Å². The second-order valence-electron chi connectivity index (χ2n) is 5.24. The zero-order valence-corrected chi connectivity index (χ0v) is 11.6. The molecule has 5 heteroatoms. The highest BCUT2D eigenvalue weighted by Gasteiger charge is 2.20. The molecule has 1 aliphatic carbocycles. The average molecular weight is 262 g/mol. The number of sulfonamides is 1. The van der Waals surface area contributed by atoms with Crippen molar-refractivity contribution in [2.75, 3.05) is 12.3 Å². The van der Waals surface area contributed by atoms with Crippen molar-refractivity contribution in [3.8, 4) is 0 Å². The normalized spacial score (nSPS) is 26.7. The molecule has 1 aliphatic rings. The minimum atomic E-state index is -3.09. The standard InChI is InChI=1S/C12H26N2O2S/c1-11-5-4-6-12(8-7-11)14-17(15,16)10-3-2-9-13/h11-12,14H,2-10,13H2,1H3. The summed E-state index contributed by atoms with van der Waals surface area (Å²) in [4.78, 5) is 0. The Labute approximate surface area is 105 Å². The van der Waals surface area contributed by atoms with Gasteiger partial charge in [0.1, 0.15) is 0 Å². The summed E-state index contributed by atoms with van der Waals surface area (Å²) in [5.41, 5.74) is 5.36. The SMILES string of the molecule is CC1CCCC(NS(=O)(=O)CCCCN)CC1. The fraction of sp³-hybridized carbons (Fsp3) is 1.00. The molecular weight excluding hydrogens is 236 g/mol. The maximum absolute atomic E-state index is 11.8. The quantitative estimate of drug-likeness (QED) is 0.564. The van der Waals surface area contributed by atoms with Gasteiger partial charge in [-0.2, -0.15) is 0 Å². The van der Waals surface area contributed by atoms with E-state index in [1.807, 2.05) is 0 Å². The fourth-order valence-electron chi connectivity index (χ4n) is 2.35. The van der Waals surface area contributed by atoms with Gasteiger partial charge in [-0.05, 0) is 44.6 Å². The van der Waals surface area contributed by atoms with Crippen LogP contribution in [0, 0.1) is 5.92 Å². The highest BCUT2D eigenvalue weighted by atomic mass is 32.2. The lowest BCUT2D eigenvalue weighted by Crippen LogP contribution is -2.36. The van der Waals surface area contributed by atoms with Crippen molar-refractivity contribution in [1.82, 2.24) is 4.72 Å². The average Bonchev–Trinajstić information content (AvgIpc) is 2.43. The molecule has 1 saturated carbocycles. The highest BCUT2D eigenvalue weighted by Crippen LogP contribution is 2.23. The Kier molecular flexibility index (Phi) is 6.44. The lowest BCUT2D eigenvalue weighted by molar-refractivity contribution is 0.484. The zero-order valence-electron chi connectivity index (χ0n) is 10.8. The van der Waals surface area contributed by atoms with Crippen LogP contribution < -0.4 is 10.5 Å². The Morgan fingerprint density at radius 1 is 1.18 bits per heavy atom. The van der Waals surface area contributed by atoms with Crippen molar-refractivity contribution in [1.29, 1.82) is 0 Å². The first-order valence-corrected chi connectivity index (χ1v) is 8.39. The number of unbranched alkanes of at least 4 members (excludes halogenated alkanes) is 1. The van der Waals surface area contributed by atoms with E-state index < -0.39 is 10.0 Å². The van der Waals surface area contributed by atoms with Gasteiger partial charge in [0.05, 0.1) is 5.75 Å². The van der Waals surface area contributed by atoms with Crippen LogP contribution in [0.1, 0.15) is 51.9 Å². The van der Waals surface area contributed by atoms with Crippen molar-refractivity contribution in [3.05, 3.63) is 0 Å². The molecule has 0 amide bonds. The number of hydrogen-bond acceptors (Lipinski definition) is 3. The van der Waals surface area contributed by atoms with Crippen LogP contribution in [-0.2, 0) is 10.0 Å². The first-order valence-electron chi connectivity index (χ1n) is 6.73. The van der Waals surface area contributed by atoms with Gasteiger partial charge in [0.2, 0.25) is 10.0 Å². The maximum atomic E-state index is 11.8. The number of nitrogens with two attached hydrogens (primary N) is 1. The van der Waals surface area contributed by atoms with Gasteiger partial charge < -0.3 is 5.73 Å². The molecule has 0 saturated heterocycles. The van der Waals surface area contributed by atoms with Gasteiger partial charge in [-0.1, -0.05) is 19.8 Å². The number of hydrogen-bond donors (Lipinski definition) is 2. The van der Waals surface area contributed by atoms with Gasteiger partial charge in [-0.25, -0.2) is 13.1 Å². The largest absolute Gasteiger partial charge is 0.330 e. The van der Waals surface area contributed by atoms with Gasteiger partial charge in [-0.3, -0.25) is 0 Å². The first kappa shape index (κ1) is 14.9. The van der Waals surface area contributed by atoms with Gasteiger partial charge in [-0.15, -0.1) is 0 Å². The second-order valence-corrected chi connectivity index (χ2v) is 7.12. The predicted octanol–water partition coefficient (Wildman–Crippen LogP) is 1.61. The van der Waals surface area contributed by atoms with E-state index in [0.717, 1.165) is 38.0 Å². The lowest BCUT2D eigenvalue weighted by atomic mass is 10.0. The maximum Gasteiger partial charge on any atom is 0.211 e. The smallest absolute Gasteiger partial charge is 0.211 e. The van der Waals surface area contributed by atoms with E-state index in [4.69, 9.17) is 5.73 Å². The van der Waals surface area contributed by atoms with Crippen molar-refractivity contribution >= 4 is 10.0 Å². The predicted molar refractivity (Wildman–Crippen MR) is 71.2 cm³/mol. The van der Waals surface area contributed by atoms with Crippen molar-refractivity contribution < 1.29 is 8.42 Å². The highest BCUT2D eigenvalue weighted by molar-refractivity contribution is 7.89. The topological polar surface area (TPSA) is 72.2 Å². The van der Waals surface area contributed by atoms with E-state index in [2.05, 4.69) is 11.6 Å². The Bertz CT molecular complexity index is 304. The molecule has 2 unspecified atom stereocenters. The molecular formula is C12H26N2O2S. The monoisotopic (exact) mass is 262 g/mol.